The van der Waals surface area contributed by atoms with Gasteiger partial charge in [-0.3, -0.25) is 4.79 Å². The summed E-state index contributed by atoms with van der Waals surface area (Å²) in [5, 5.41) is 6.88. The van der Waals surface area contributed by atoms with Crippen molar-refractivity contribution in [3.63, 3.8) is 0 Å². The van der Waals surface area contributed by atoms with Gasteiger partial charge in [-0.2, -0.15) is 0 Å². The van der Waals surface area contributed by atoms with Crippen LogP contribution in [-0.4, -0.2) is 75.9 Å². The van der Waals surface area contributed by atoms with E-state index in [1.807, 2.05) is 6.92 Å². The van der Waals surface area contributed by atoms with E-state index in [2.05, 4.69) is 29.5 Å². The van der Waals surface area contributed by atoms with Crippen molar-refractivity contribution in [2.45, 2.75) is 45.8 Å². The second-order valence-electron chi connectivity index (χ2n) is 7.62. The molecule has 144 valence electrons. The van der Waals surface area contributed by atoms with Gasteiger partial charge in [0.05, 0.1) is 6.10 Å². The maximum atomic E-state index is 11.9. The number of likely N-dealkylation sites (N-methyl/N-ethyl adjacent to an activating group) is 1. The van der Waals surface area contributed by atoms with Gasteiger partial charge in [-0.1, -0.05) is 13.8 Å². The summed E-state index contributed by atoms with van der Waals surface area (Å²) in [5.41, 5.74) is 0.0699. The Balaban J connectivity index is 1.93. The molecule has 1 heterocycles. The molecule has 2 rings (SSSR count). The van der Waals surface area contributed by atoms with E-state index < -0.39 is 0 Å². The molecule has 0 aromatic rings. The molecule has 7 heteroatoms. The highest BCUT2D eigenvalue weighted by Gasteiger charge is 2.59. The number of hydrogen-bond donors (Lipinski definition) is 2. The first kappa shape index (κ1) is 20.0. The molecule has 1 aliphatic carbocycles. The van der Waals surface area contributed by atoms with Crippen LogP contribution in [0.3, 0.4) is 0 Å². The molecule has 0 radical (unpaired) electrons. The Morgan fingerprint density at radius 2 is 2.16 bits per heavy atom. The van der Waals surface area contributed by atoms with Crippen LogP contribution in [0.5, 0.6) is 0 Å². The highest BCUT2D eigenvalue weighted by Crippen LogP contribution is 2.52. The van der Waals surface area contributed by atoms with Crippen LogP contribution in [0.1, 0.15) is 33.6 Å². The lowest BCUT2D eigenvalue weighted by molar-refractivity contribution is -0.127. The van der Waals surface area contributed by atoms with Gasteiger partial charge in [0.25, 0.3) is 0 Å². The van der Waals surface area contributed by atoms with Gasteiger partial charge in [0.15, 0.2) is 5.96 Å². The molecule has 25 heavy (non-hydrogen) atoms. The number of nitrogens with one attached hydrogen (secondary N) is 2. The minimum atomic E-state index is -0.00892. The molecule has 2 aliphatic rings. The van der Waals surface area contributed by atoms with Gasteiger partial charge >= 0.3 is 0 Å². The highest BCUT2D eigenvalue weighted by atomic mass is 16.5. The maximum Gasteiger partial charge on any atom is 0.243 e. The molecule has 1 amide bonds. The number of carbonyl (C=O) groups is 1. The van der Waals surface area contributed by atoms with Crippen LogP contribution in [-0.2, 0) is 14.3 Å². The van der Waals surface area contributed by atoms with Crippen LogP contribution in [0, 0.1) is 11.3 Å². The van der Waals surface area contributed by atoms with Gasteiger partial charge in [-0.05, 0) is 19.8 Å². The normalized spacial score (nSPS) is 27.4. The summed E-state index contributed by atoms with van der Waals surface area (Å²) in [6.45, 7) is 9.66. The van der Waals surface area contributed by atoms with Crippen molar-refractivity contribution in [2.24, 2.45) is 16.3 Å². The van der Waals surface area contributed by atoms with Crippen LogP contribution in [0.25, 0.3) is 0 Å². The van der Waals surface area contributed by atoms with E-state index in [4.69, 9.17) is 9.47 Å². The first-order valence-electron chi connectivity index (χ1n) is 9.32. The maximum absolute atomic E-state index is 11.9. The molecular weight excluding hydrogens is 320 g/mol. The number of rotatable bonds is 8. The summed E-state index contributed by atoms with van der Waals surface area (Å²) >= 11 is 0. The van der Waals surface area contributed by atoms with Gasteiger partial charge < -0.3 is 25.0 Å². The summed E-state index contributed by atoms with van der Waals surface area (Å²) in [7, 11) is 3.49. The van der Waals surface area contributed by atoms with Crippen molar-refractivity contribution in [3.05, 3.63) is 0 Å². The van der Waals surface area contributed by atoms with E-state index in [-0.39, 0.29) is 17.9 Å². The SMILES string of the molecule is CCOCCCNC(=NCC(=O)N(C)C)NC1C2CCOC2C1(C)C. The van der Waals surface area contributed by atoms with E-state index in [0.29, 0.717) is 24.0 Å². The molecule has 2 fully saturated rings. The Labute approximate surface area is 151 Å². The molecule has 1 aliphatic heterocycles. The first-order valence-corrected chi connectivity index (χ1v) is 9.32. The topological polar surface area (TPSA) is 75.2 Å². The fraction of sp³-hybridized carbons (Fsp3) is 0.889. The second-order valence-corrected chi connectivity index (χ2v) is 7.62. The van der Waals surface area contributed by atoms with E-state index in [9.17, 15) is 4.79 Å². The second kappa shape index (κ2) is 8.85. The summed E-state index contributed by atoms with van der Waals surface area (Å²) in [5.74, 6) is 1.22. The molecule has 1 saturated carbocycles. The predicted molar refractivity (Wildman–Crippen MR) is 98.7 cm³/mol. The lowest BCUT2D eigenvalue weighted by Crippen LogP contribution is -2.68. The average Bonchev–Trinajstić information content (AvgIpc) is 3.02. The number of fused-ring (bicyclic) bond motifs is 1. The van der Waals surface area contributed by atoms with E-state index in [1.165, 1.54) is 0 Å². The Morgan fingerprint density at radius 3 is 2.84 bits per heavy atom. The largest absolute Gasteiger partial charge is 0.382 e. The van der Waals surface area contributed by atoms with Gasteiger partial charge in [0, 0.05) is 57.8 Å². The number of ether oxygens (including phenoxy) is 2. The Bertz CT molecular complexity index is 479. The number of nitrogens with zero attached hydrogens (tertiary/aromatic N) is 2. The standard InChI is InChI=1S/C18H34N4O3/c1-6-24-10-7-9-19-17(20-12-14(23)22(4)5)21-15-13-8-11-25-16(13)18(15,2)3/h13,15-16H,6-12H2,1-5H3,(H2,19,20,21). The van der Waals surface area contributed by atoms with Gasteiger partial charge in [-0.15, -0.1) is 0 Å². The van der Waals surface area contributed by atoms with E-state index >= 15 is 0 Å². The zero-order valence-corrected chi connectivity index (χ0v) is 16.3. The third-order valence-corrected chi connectivity index (χ3v) is 5.23. The average molecular weight is 354 g/mol. The van der Waals surface area contributed by atoms with E-state index in [1.54, 1.807) is 19.0 Å². The zero-order chi connectivity index (χ0) is 18.4. The monoisotopic (exact) mass is 354 g/mol. The van der Waals surface area contributed by atoms with E-state index in [0.717, 1.165) is 39.2 Å². The fourth-order valence-electron chi connectivity index (χ4n) is 3.73. The first-order chi connectivity index (χ1) is 11.9. The van der Waals surface area contributed by atoms with Gasteiger partial charge in [-0.25, -0.2) is 4.99 Å². The van der Waals surface area contributed by atoms with Crippen molar-refractivity contribution in [1.29, 1.82) is 0 Å². The van der Waals surface area contributed by atoms with Crippen molar-refractivity contribution < 1.29 is 14.3 Å². The Hall–Kier alpha value is -1.34. The predicted octanol–water partition coefficient (Wildman–Crippen LogP) is 0.850. The van der Waals surface area contributed by atoms with Crippen LogP contribution in [0.15, 0.2) is 4.99 Å². The summed E-state index contributed by atoms with van der Waals surface area (Å²) in [6, 6.07) is 0.313. The Morgan fingerprint density at radius 1 is 1.40 bits per heavy atom. The third-order valence-electron chi connectivity index (χ3n) is 5.23. The molecule has 0 aromatic heterocycles. The smallest absolute Gasteiger partial charge is 0.243 e. The van der Waals surface area contributed by atoms with Crippen LogP contribution >= 0.6 is 0 Å². The fourth-order valence-corrected chi connectivity index (χ4v) is 3.73. The number of aliphatic imine (C=N–C) groups is 1. The molecule has 2 N–H and O–H groups in total. The molecule has 7 nitrogen and oxygen atoms in total. The zero-order valence-electron chi connectivity index (χ0n) is 16.3. The van der Waals surface area contributed by atoms with Crippen molar-refractivity contribution in [3.8, 4) is 0 Å². The number of guanidine groups is 1. The molecule has 1 saturated heterocycles. The van der Waals surface area contributed by atoms with Gasteiger partial charge in [0.2, 0.25) is 5.91 Å². The third kappa shape index (κ3) is 4.85. The minimum absolute atomic E-state index is 0.00892. The van der Waals surface area contributed by atoms with Crippen molar-refractivity contribution >= 4 is 11.9 Å². The molecule has 3 atom stereocenters. The lowest BCUT2D eigenvalue weighted by atomic mass is 9.57. The highest BCUT2D eigenvalue weighted by molar-refractivity contribution is 5.85. The molecule has 0 aromatic carbocycles. The number of amides is 1. The van der Waals surface area contributed by atoms with Crippen molar-refractivity contribution in [1.82, 2.24) is 15.5 Å². The lowest BCUT2D eigenvalue weighted by Gasteiger charge is -2.54. The number of hydrogen-bond acceptors (Lipinski definition) is 4. The minimum Gasteiger partial charge on any atom is -0.382 e. The van der Waals surface area contributed by atoms with Crippen LogP contribution < -0.4 is 10.6 Å². The molecule has 3 unspecified atom stereocenters. The van der Waals surface area contributed by atoms with Gasteiger partial charge in [0.1, 0.15) is 6.54 Å². The molecule has 0 spiro atoms. The summed E-state index contributed by atoms with van der Waals surface area (Å²) in [6.07, 6.45) is 2.31. The van der Waals surface area contributed by atoms with Crippen LogP contribution in [0.2, 0.25) is 0 Å². The van der Waals surface area contributed by atoms with Crippen molar-refractivity contribution in [2.75, 3.05) is 47.0 Å². The van der Waals surface area contributed by atoms with Crippen LogP contribution in [0.4, 0.5) is 0 Å². The summed E-state index contributed by atoms with van der Waals surface area (Å²) < 4.78 is 11.2. The molecular formula is C18H34N4O3. The Kier molecular flexibility index (Phi) is 7.07. The summed E-state index contributed by atoms with van der Waals surface area (Å²) in [4.78, 5) is 17.9. The quantitative estimate of drug-likeness (QED) is 0.384. The number of carbonyl (C=O) groups excluding carboxylic acids is 1. The molecule has 0 bridgehead atoms.